The molecule has 1 rings (SSSR count). The zero-order valence-electron chi connectivity index (χ0n) is 24.8. The number of tetrazole rings is 1. The van der Waals surface area contributed by atoms with E-state index in [9.17, 15) is 28.8 Å². The summed E-state index contributed by atoms with van der Waals surface area (Å²) in [6, 6.07) is 0. The summed E-state index contributed by atoms with van der Waals surface area (Å²) in [6.07, 6.45) is 4.39. The Hall–Kier alpha value is -5.10. The first-order chi connectivity index (χ1) is 21.9. The first-order valence-electron chi connectivity index (χ1n) is 13.0. The Kier molecular flexibility index (Phi) is 17.0. The second kappa shape index (κ2) is 20.0. The first-order valence-corrected chi connectivity index (χ1v) is 13.5. The number of esters is 6. The van der Waals surface area contributed by atoms with Crippen LogP contribution in [0.15, 0.2) is 68.4 Å². The molecule has 0 atom stereocenters. The van der Waals surface area contributed by atoms with Crippen molar-refractivity contribution in [2.24, 2.45) is 10.8 Å². The second-order valence-electron chi connectivity index (χ2n) is 9.35. The minimum absolute atomic E-state index is 0.0224. The van der Waals surface area contributed by atoms with Crippen molar-refractivity contribution in [3.05, 3.63) is 63.3 Å². The van der Waals surface area contributed by atoms with Gasteiger partial charge in [-0.1, -0.05) is 32.9 Å². The van der Waals surface area contributed by atoms with Gasteiger partial charge in [-0.15, -0.1) is 17.7 Å². The molecule has 0 aromatic carbocycles. The third kappa shape index (κ3) is 14.1. The van der Waals surface area contributed by atoms with Crippen molar-refractivity contribution in [3.8, 4) is 0 Å². The highest BCUT2D eigenvalue weighted by Crippen LogP contribution is 2.26. The summed E-state index contributed by atoms with van der Waals surface area (Å²) in [5.41, 5.74) is -3.10. The molecular weight excluding hydrogens is 632 g/mol. The predicted octanol–water partition coefficient (Wildman–Crippen LogP) is 0.140. The predicted molar refractivity (Wildman–Crippen MR) is 157 cm³/mol. The highest BCUT2D eigenvalue weighted by Gasteiger charge is 2.40. The quantitative estimate of drug-likeness (QED) is 0.0712. The number of ether oxygens (including phenoxy) is 7. The lowest BCUT2D eigenvalue weighted by Gasteiger charge is -2.35. The monoisotopic (exact) mass is 666 g/mol. The van der Waals surface area contributed by atoms with Crippen LogP contribution in [0.2, 0.25) is 0 Å². The number of carbonyl (C=O) groups excluding carboxylic acids is 6. The summed E-state index contributed by atoms with van der Waals surface area (Å²) in [6.45, 7) is 12.1. The van der Waals surface area contributed by atoms with Crippen molar-refractivity contribution in [2.45, 2.75) is 11.7 Å². The van der Waals surface area contributed by atoms with Gasteiger partial charge in [0, 0.05) is 30.4 Å². The Balaban J connectivity index is 3.39. The van der Waals surface area contributed by atoms with Gasteiger partial charge < -0.3 is 33.2 Å². The van der Waals surface area contributed by atoms with Crippen LogP contribution in [-0.2, 0) is 68.5 Å². The summed E-state index contributed by atoms with van der Waals surface area (Å²) in [7, 11) is 0. The van der Waals surface area contributed by atoms with E-state index in [1.807, 2.05) is 0 Å². The minimum Gasteiger partial charge on any atom is -0.463 e. The Bertz CT molecular complexity index is 1230. The Morgan fingerprint density at radius 3 is 1.20 bits per heavy atom. The molecule has 0 unspecified atom stereocenters. The molecule has 0 aliphatic heterocycles. The van der Waals surface area contributed by atoms with Crippen LogP contribution in [0.5, 0.6) is 0 Å². The molecule has 17 nitrogen and oxygen atoms in total. The molecule has 0 radical (unpaired) electrons. The van der Waals surface area contributed by atoms with Crippen LogP contribution in [0.1, 0.15) is 0 Å². The fraction of sp³-hybridized carbons (Fsp3) is 0.393. The lowest BCUT2D eigenvalue weighted by molar-refractivity contribution is -0.171. The van der Waals surface area contributed by atoms with E-state index in [1.54, 1.807) is 0 Å². The Morgan fingerprint density at radius 1 is 0.587 bits per heavy atom. The molecule has 0 fully saturated rings. The number of hydrogen-bond donors (Lipinski definition) is 1. The number of hydrogen-bond acceptors (Lipinski definition) is 17. The molecule has 0 aliphatic carbocycles. The minimum atomic E-state index is -1.57. The van der Waals surface area contributed by atoms with Crippen LogP contribution in [0, 0.1) is 10.8 Å². The highest BCUT2D eigenvalue weighted by atomic mass is 32.1. The molecule has 1 aromatic rings. The lowest BCUT2D eigenvalue weighted by atomic mass is 9.90. The van der Waals surface area contributed by atoms with E-state index in [-0.39, 0.29) is 5.16 Å². The molecule has 0 N–H and O–H groups in total. The van der Waals surface area contributed by atoms with Gasteiger partial charge in [0.05, 0.1) is 24.0 Å². The van der Waals surface area contributed by atoms with Crippen LogP contribution in [0.25, 0.3) is 0 Å². The lowest BCUT2D eigenvalue weighted by Crippen LogP contribution is -2.47. The van der Waals surface area contributed by atoms with Crippen molar-refractivity contribution in [2.75, 3.05) is 52.9 Å². The largest absolute Gasteiger partial charge is 0.463 e. The van der Waals surface area contributed by atoms with Crippen molar-refractivity contribution < 1.29 is 61.9 Å². The third-order valence-electron chi connectivity index (χ3n) is 5.58. The normalized spacial score (nSPS) is 10.8. The molecule has 0 saturated carbocycles. The topological polar surface area (TPSA) is 211 Å². The third-order valence-corrected chi connectivity index (χ3v) is 5.90. The summed E-state index contributed by atoms with van der Waals surface area (Å²) < 4.78 is 38.3. The molecule has 18 heteroatoms. The number of carbonyl (C=O) groups is 6. The Labute approximate surface area is 269 Å². The maximum absolute atomic E-state index is 12.6. The number of thiol groups is 1. The van der Waals surface area contributed by atoms with Crippen LogP contribution < -0.4 is 0 Å². The maximum Gasteiger partial charge on any atom is 0.330 e. The second-order valence-corrected chi connectivity index (χ2v) is 9.75. The molecule has 0 spiro atoms. The summed E-state index contributed by atoms with van der Waals surface area (Å²) in [4.78, 5) is 72.3. The standard InChI is InChI=1S/C28H34N4O13S/c1-6-20(33)40-14-27(15-41-21(34)7-2,16-42-22(35)8-3)12-39-13-28(17-43-23(36)9-4,18-44-24(37)10-5)19-45-25(38)11-32-26(46)29-30-31-32/h6-10H,1-5,11-19H2,(H,29,31,46). The van der Waals surface area contributed by atoms with Gasteiger partial charge in [0.15, 0.2) is 0 Å². The fourth-order valence-electron chi connectivity index (χ4n) is 3.10. The number of nitrogens with zero attached hydrogens (tertiary/aromatic N) is 4. The smallest absolute Gasteiger partial charge is 0.330 e. The van der Waals surface area contributed by atoms with Gasteiger partial charge in [0.25, 0.3) is 0 Å². The van der Waals surface area contributed by atoms with Crippen LogP contribution >= 0.6 is 12.6 Å². The first kappa shape index (κ1) is 38.9. The van der Waals surface area contributed by atoms with E-state index in [0.717, 1.165) is 35.1 Å². The van der Waals surface area contributed by atoms with Crippen LogP contribution in [0.4, 0.5) is 0 Å². The van der Waals surface area contributed by atoms with Gasteiger partial charge in [-0.05, 0) is 10.4 Å². The molecule has 1 aromatic heterocycles. The van der Waals surface area contributed by atoms with E-state index in [2.05, 4.69) is 61.0 Å². The van der Waals surface area contributed by atoms with Gasteiger partial charge in [-0.25, -0.2) is 28.7 Å². The van der Waals surface area contributed by atoms with E-state index in [1.165, 1.54) is 0 Å². The SMILES string of the molecule is C=CC(=O)OCC(COCC(COC(=O)C=C)(COC(=O)C=C)COC(=O)Cn1nnnc1S)(COC(=O)C=C)COC(=O)C=C. The number of aromatic nitrogens is 4. The summed E-state index contributed by atoms with van der Waals surface area (Å²) in [5, 5.41) is 10.5. The summed E-state index contributed by atoms with van der Waals surface area (Å²) >= 11 is 4.02. The zero-order chi connectivity index (χ0) is 34.6. The maximum atomic E-state index is 12.6. The zero-order valence-corrected chi connectivity index (χ0v) is 25.7. The van der Waals surface area contributed by atoms with Crippen molar-refractivity contribution in [3.63, 3.8) is 0 Å². The van der Waals surface area contributed by atoms with Crippen molar-refractivity contribution >= 4 is 48.4 Å². The van der Waals surface area contributed by atoms with E-state index in [4.69, 9.17) is 33.2 Å². The van der Waals surface area contributed by atoms with E-state index < -0.39 is 106 Å². The molecule has 0 amide bonds. The van der Waals surface area contributed by atoms with Crippen LogP contribution in [0.3, 0.4) is 0 Å². The van der Waals surface area contributed by atoms with Gasteiger partial charge in [-0.2, -0.15) is 0 Å². The molecule has 46 heavy (non-hydrogen) atoms. The van der Waals surface area contributed by atoms with Gasteiger partial charge >= 0.3 is 35.8 Å². The molecule has 250 valence electrons. The van der Waals surface area contributed by atoms with Crippen molar-refractivity contribution in [1.82, 2.24) is 20.2 Å². The van der Waals surface area contributed by atoms with Crippen LogP contribution in [-0.4, -0.2) is 109 Å². The van der Waals surface area contributed by atoms with Gasteiger partial charge in [0.1, 0.15) is 46.2 Å². The summed E-state index contributed by atoms with van der Waals surface area (Å²) in [5.74, 6) is -5.13. The molecule has 0 bridgehead atoms. The molecule has 1 heterocycles. The molecule has 0 saturated heterocycles. The van der Waals surface area contributed by atoms with E-state index >= 15 is 0 Å². The van der Waals surface area contributed by atoms with Crippen molar-refractivity contribution in [1.29, 1.82) is 0 Å². The average Bonchev–Trinajstić information content (AvgIpc) is 3.47. The van der Waals surface area contributed by atoms with Gasteiger partial charge in [-0.3, -0.25) is 4.79 Å². The highest BCUT2D eigenvalue weighted by molar-refractivity contribution is 7.80. The Morgan fingerprint density at radius 2 is 0.913 bits per heavy atom. The van der Waals surface area contributed by atoms with Gasteiger partial charge in [0.2, 0.25) is 5.16 Å². The fourth-order valence-corrected chi connectivity index (χ4v) is 3.25. The molecule has 0 aliphatic rings. The number of rotatable bonds is 23. The molecular formula is C28H34N4O13S. The van der Waals surface area contributed by atoms with E-state index in [0.29, 0.717) is 0 Å². The average molecular weight is 667 g/mol.